The molecule has 0 saturated heterocycles. The van der Waals surface area contributed by atoms with Crippen molar-refractivity contribution >= 4 is 22.4 Å². The van der Waals surface area contributed by atoms with E-state index < -0.39 is 11.7 Å². The first-order valence-electron chi connectivity index (χ1n) is 8.11. The molecule has 134 valence electrons. The molecule has 1 N–H and O–H groups in total. The number of rotatable bonds is 3. The fourth-order valence-corrected chi connectivity index (χ4v) is 2.76. The predicted molar refractivity (Wildman–Crippen MR) is 97.5 cm³/mol. The summed E-state index contributed by atoms with van der Waals surface area (Å²) in [6.07, 6.45) is 0.669. The molecule has 0 aliphatic rings. The summed E-state index contributed by atoms with van der Waals surface area (Å²) < 4.78 is 38.1. The summed E-state index contributed by atoms with van der Waals surface area (Å²) in [6, 6.07) is 14.2. The normalized spacial score (nSPS) is 11.5. The lowest BCUT2D eigenvalue weighted by Crippen LogP contribution is -2.04. The van der Waals surface area contributed by atoms with E-state index in [-0.39, 0.29) is 0 Å². The molecular formula is C20H13F3N4. The molecule has 4 aromatic rings. The first-order chi connectivity index (χ1) is 13.0. The third kappa shape index (κ3) is 3.57. The van der Waals surface area contributed by atoms with Crippen LogP contribution in [0.25, 0.3) is 22.0 Å². The number of benzene rings is 2. The zero-order valence-corrected chi connectivity index (χ0v) is 13.9. The SMILES string of the molecule is FC(F)(F)c1ccc(-c2ccnc(Nc3cccc4cnccc34)n2)cc1. The highest BCUT2D eigenvalue weighted by atomic mass is 19.4. The summed E-state index contributed by atoms with van der Waals surface area (Å²) in [5.41, 5.74) is 1.24. The van der Waals surface area contributed by atoms with Gasteiger partial charge in [-0.25, -0.2) is 9.97 Å². The second-order valence-corrected chi connectivity index (χ2v) is 5.87. The van der Waals surface area contributed by atoms with E-state index in [0.29, 0.717) is 17.2 Å². The average Bonchev–Trinajstić information content (AvgIpc) is 2.68. The number of fused-ring (bicyclic) bond motifs is 1. The molecule has 0 aliphatic heterocycles. The molecular weight excluding hydrogens is 353 g/mol. The number of alkyl halides is 3. The van der Waals surface area contributed by atoms with Crippen molar-refractivity contribution in [2.45, 2.75) is 6.18 Å². The second kappa shape index (κ2) is 6.68. The van der Waals surface area contributed by atoms with Gasteiger partial charge in [-0.3, -0.25) is 4.98 Å². The molecule has 4 nitrogen and oxygen atoms in total. The van der Waals surface area contributed by atoms with Gasteiger partial charge in [-0.05, 0) is 30.3 Å². The van der Waals surface area contributed by atoms with Crippen LogP contribution in [0.5, 0.6) is 0 Å². The third-order valence-corrected chi connectivity index (χ3v) is 4.09. The van der Waals surface area contributed by atoms with Gasteiger partial charge in [0.2, 0.25) is 5.95 Å². The van der Waals surface area contributed by atoms with Crippen molar-refractivity contribution < 1.29 is 13.2 Å². The molecule has 2 aromatic carbocycles. The Morgan fingerprint density at radius 2 is 1.67 bits per heavy atom. The third-order valence-electron chi connectivity index (χ3n) is 4.09. The second-order valence-electron chi connectivity index (χ2n) is 5.87. The standard InChI is InChI=1S/C20H13F3N4/c21-20(22,23)15-6-4-13(5-7-15)17-9-11-25-19(26-17)27-18-3-1-2-14-12-24-10-8-16(14)18/h1-12H,(H,25,26,27). The summed E-state index contributed by atoms with van der Waals surface area (Å²) in [4.78, 5) is 12.7. The van der Waals surface area contributed by atoms with Crippen molar-refractivity contribution in [2.24, 2.45) is 0 Å². The van der Waals surface area contributed by atoms with E-state index in [0.717, 1.165) is 28.6 Å². The monoisotopic (exact) mass is 366 g/mol. The Kier molecular flexibility index (Phi) is 4.19. The molecule has 0 radical (unpaired) electrons. The van der Waals surface area contributed by atoms with Crippen LogP contribution in [0.4, 0.5) is 24.8 Å². The summed E-state index contributed by atoms with van der Waals surface area (Å²) in [7, 11) is 0. The topological polar surface area (TPSA) is 50.7 Å². The van der Waals surface area contributed by atoms with Crippen LogP contribution in [0.3, 0.4) is 0 Å². The van der Waals surface area contributed by atoms with Crippen LogP contribution in [0.1, 0.15) is 5.56 Å². The van der Waals surface area contributed by atoms with Crippen LogP contribution in [0.15, 0.2) is 73.2 Å². The molecule has 0 fully saturated rings. The number of pyridine rings is 1. The number of anilines is 2. The number of hydrogen-bond donors (Lipinski definition) is 1. The van der Waals surface area contributed by atoms with Crippen LogP contribution >= 0.6 is 0 Å². The smallest absolute Gasteiger partial charge is 0.324 e. The molecule has 0 amide bonds. The summed E-state index contributed by atoms with van der Waals surface area (Å²) >= 11 is 0. The Hall–Kier alpha value is -3.48. The maximum absolute atomic E-state index is 12.7. The molecule has 4 rings (SSSR count). The maximum atomic E-state index is 12.7. The van der Waals surface area contributed by atoms with Crippen LogP contribution in [0.2, 0.25) is 0 Å². The Bertz CT molecular complexity index is 1090. The Morgan fingerprint density at radius 1 is 0.852 bits per heavy atom. The molecule has 0 saturated carbocycles. The number of nitrogens with one attached hydrogen (secondary N) is 1. The highest BCUT2D eigenvalue weighted by Gasteiger charge is 2.30. The summed E-state index contributed by atoms with van der Waals surface area (Å²) in [6.45, 7) is 0. The molecule has 7 heteroatoms. The van der Waals surface area contributed by atoms with Crippen molar-refractivity contribution in [1.82, 2.24) is 15.0 Å². The lowest BCUT2D eigenvalue weighted by atomic mass is 10.1. The Balaban J connectivity index is 1.65. The van der Waals surface area contributed by atoms with E-state index in [1.54, 1.807) is 24.7 Å². The van der Waals surface area contributed by atoms with Gasteiger partial charge in [0.1, 0.15) is 0 Å². The highest BCUT2D eigenvalue weighted by molar-refractivity contribution is 5.94. The minimum atomic E-state index is -4.36. The summed E-state index contributed by atoms with van der Waals surface area (Å²) in [5, 5.41) is 5.10. The van der Waals surface area contributed by atoms with Gasteiger partial charge in [-0.1, -0.05) is 24.3 Å². The lowest BCUT2D eigenvalue weighted by molar-refractivity contribution is -0.137. The van der Waals surface area contributed by atoms with Crippen molar-refractivity contribution in [3.8, 4) is 11.3 Å². The lowest BCUT2D eigenvalue weighted by Gasteiger charge is -2.10. The minimum Gasteiger partial charge on any atom is -0.324 e. The van der Waals surface area contributed by atoms with Gasteiger partial charge in [0.25, 0.3) is 0 Å². The van der Waals surface area contributed by atoms with E-state index in [2.05, 4.69) is 20.3 Å². The van der Waals surface area contributed by atoms with Gasteiger partial charge in [0, 0.05) is 40.6 Å². The van der Waals surface area contributed by atoms with Crippen molar-refractivity contribution in [3.63, 3.8) is 0 Å². The van der Waals surface area contributed by atoms with Gasteiger partial charge in [0.05, 0.1) is 11.3 Å². The van der Waals surface area contributed by atoms with Crippen molar-refractivity contribution in [2.75, 3.05) is 5.32 Å². The van der Waals surface area contributed by atoms with E-state index >= 15 is 0 Å². The fraction of sp³-hybridized carbons (Fsp3) is 0.0500. The highest BCUT2D eigenvalue weighted by Crippen LogP contribution is 2.31. The fourth-order valence-electron chi connectivity index (χ4n) is 2.76. The van der Waals surface area contributed by atoms with Crippen LogP contribution in [-0.2, 0) is 6.18 Å². The molecule has 2 aromatic heterocycles. The van der Waals surface area contributed by atoms with Gasteiger partial charge in [-0.2, -0.15) is 13.2 Å². The van der Waals surface area contributed by atoms with E-state index in [4.69, 9.17) is 0 Å². The average molecular weight is 366 g/mol. The van der Waals surface area contributed by atoms with Gasteiger partial charge >= 0.3 is 6.18 Å². The number of aromatic nitrogens is 3. The molecule has 2 heterocycles. The summed E-state index contributed by atoms with van der Waals surface area (Å²) in [5.74, 6) is 0.358. The minimum absolute atomic E-state index is 0.358. The quantitative estimate of drug-likeness (QED) is 0.523. The van der Waals surface area contributed by atoms with E-state index in [1.165, 1.54) is 12.1 Å². The largest absolute Gasteiger partial charge is 0.416 e. The van der Waals surface area contributed by atoms with Crippen LogP contribution in [0, 0.1) is 0 Å². The number of halogens is 3. The molecule has 27 heavy (non-hydrogen) atoms. The number of hydrogen-bond acceptors (Lipinski definition) is 4. The van der Waals surface area contributed by atoms with Crippen molar-refractivity contribution in [3.05, 3.63) is 78.8 Å². The van der Waals surface area contributed by atoms with Crippen molar-refractivity contribution in [1.29, 1.82) is 0 Å². The maximum Gasteiger partial charge on any atom is 0.416 e. The van der Waals surface area contributed by atoms with Crippen LogP contribution in [-0.4, -0.2) is 15.0 Å². The van der Waals surface area contributed by atoms with Crippen LogP contribution < -0.4 is 5.32 Å². The van der Waals surface area contributed by atoms with Gasteiger partial charge in [0.15, 0.2) is 0 Å². The number of nitrogens with zero attached hydrogens (tertiary/aromatic N) is 3. The zero-order chi connectivity index (χ0) is 18.9. The Morgan fingerprint density at radius 3 is 2.44 bits per heavy atom. The molecule has 0 spiro atoms. The van der Waals surface area contributed by atoms with E-state index in [9.17, 15) is 13.2 Å². The Labute approximate surface area is 152 Å². The molecule has 0 bridgehead atoms. The van der Waals surface area contributed by atoms with E-state index in [1.807, 2.05) is 24.3 Å². The first-order valence-corrected chi connectivity index (χ1v) is 8.11. The predicted octanol–water partition coefficient (Wildman–Crippen LogP) is 5.45. The first kappa shape index (κ1) is 17.0. The molecule has 0 unspecified atom stereocenters. The molecule has 0 aliphatic carbocycles. The zero-order valence-electron chi connectivity index (χ0n) is 13.9. The van der Waals surface area contributed by atoms with Gasteiger partial charge < -0.3 is 5.32 Å². The van der Waals surface area contributed by atoms with Gasteiger partial charge in [-0.15, -0.1) is 0 Å². The molecule has 0 atom stereocenters.